The van der Waals surface area contributed by atoms with Crippen molar-refractivity contribution < 1.29 is 4.79 Å². The lowest BCUT2D eigenvalue weighted by molar-refractivity contribution is 0.0955. The summed E-state index contributed by atoms with van der Waals surface area (Å²) in [6, 6.07) is 15.3. The van der Waals surface area contributed by atoms with Crippen LogP contribution in [-0.2, 0) is 0 Å². The van der Waals surface area contributed by atoms with Gasteiger partial charge in [-0.2, -0.15) is 5.10 Å². The van der Waals surface area contributed by atoms with Crippen molar-refractivity contribution in [1.82, 2.24) is 25.1 Å². The number of carbonyl (C=O) groups is 1. The second-order valence-corrected chi connectivity index (χ2v) is 8.81. The van der Waals surface area contributed by atoms with E-state index in [4.69, 9.17) is 26.7 Å². The summed E-state index contributed by atoms with van der Waals surface area (Å²) in [5.41, 5.74) is 4.29. The molecule has 5 rings (SSSR count). The lowest BCUT2D eigenvalue weighted by atomic mass is 10.2. The Balaban J connectivity index is 1.39. The molecule has 1 amide bonds. The average molecular weight is 461 g/mol. The van der Waals surface area contributed by atoms with Gasteiger partial charge in [0.05, 0.1) is 27.4 Å². The minimum atomic E-state index is -0.197. The summed E-state index contributed by atoms with van der Waals surface area (Å²) in [6.07, 6.45) is 2.22. The molecule has 2 aromatic heterocycles. The predicted molar refractivity (Wildman–Crippen MR) is 130 cm³/mol. The quantitative estimate of drug-likeness (QED) is 0.387. The predicted octanol–water partition coefficient (Wildman–Crippen LogP) is 4.81. The van der Waals surface area contributed by atoms with Gasteiger partial charge < -0.3 is 10.6 Å². The summed E-state index contributed by atoms with van der Waals surface area (Å²) in [5.74, 6) is 1.80. The number of nitrogens with zero attached hydrogens (tertiary/aromatic N) is 4. The van der Waals surface area contributed by atoms with Crippen molar-refractivity contribution in [3.8, 4) is 5.69 Å². The SMILES string of the molecule is Cc1ccc(-n2nc(C)c3c(NCCNC(=O)c4ccccc4Cl)nc(C4CC4)nc32)cc1. The van der Waals surface area contributed by atoms with E-state index in [0.29, 0.717) is 29.6 Å². The number of hydrogen-bond acceptors (Lipinski definition) is 5. The lowest BCUT2D eigenvalue weighted by Gasteiger charge is -2.11. The zero-order chi connectivity index (χ0) is 22.9. The molecule has 0 bridgehead atoms. The molecule has 2 N–H and O–H groups in total. The van der Waals surface area contributed by atoms with Gasteiger partial charge in [0.15, 0.2) is 5.65 Å². The minimum absolute atomic E-state index is 0.197. The minimum Gasteiger partial charge on any atom is -0.368 e. The van der Waals surface area contributed by atoms with E-state index in [2.05, 4.69) is 41.8 Å². The van der Waals surface area contributed by atoms with Crippen molar-refractivity contribution >= 4 is 34.4 Å². The first kappa shape index (κ1) is 21.4. The molecule has 0 saturated heterocycles. The van der Waals surface area contributed by atoms with E-state index < -0.39 is 0 Å². The van der Waals surface area contributed by atoms with E-state index in [1.165, 1.54) is 5.56 Å². The highest BCUT2D eigenvalue weighted by Crippen LogP contribution is 2.40. The van der Waals surface area contributed by atoms with E-state index >= 15 is 0 Å². The van der Waals surface area contributed by atoms with E-state index in [1.54, 1.807) is 24.3 Å². The number of amides is 1. The Kier molecular flexibility index (Phi) is 5.72. The van der Waals surface area contributed by atoms with Crippen LogP contribution in [0.25, 0.3) is 16.7 Å². The second-order valence-electron chi connectivity index (χ2n) is 8.40. The fourth-order valence-electron chi connectivity index (χ4n) is 3.82. The van der Waals surface area contributed by atoms with Crippen LogP contribution in [0.15, 0.2) is 48.5 Å². The number of aryl methyl sites for hydroxylation is 2. The summed E-state index contributed by atoms with van der Waals surface area (Å²) in [5, 5.41) is 12.4. The first-order valence-corrected chi connectivity index (χ1v) is 11.5. The molecule has 1 fully saturated rings. The Bertz CT molecular complexity index is 1330. The number of rotatable bonds is 7. The Labute approximate surface area is 197 Å². The molecule has 0 spiro atoms. The third-order valence-electron chi connectivity index (χ3n) is 5.76. The number of fused-ring (bicyclic) bond motifs is 1. The first-order valence-electron chi connectivity index (χ1n) is 11.1. The van der Waals surface area contributed by atoms with Crippen molar-refractivity contribution in [1.29, 1.82) is 0 Å². The second kappa shape index (κ2) is 8.83. The van der Waals surface area contributed by atoms with Crippen LogP contribution < -0.4 is 10.6 Å². The molecule has 7 nitrogen and oxygen atoms in total. The highest BCUT2D eigenvalue weighted by molar-refractivity contribution is 6.33. The van der Waals surface area contributed by atoms with Gasteiger partial charge in [0.2, 0.25) is 0 Å². The number of benzene rings is 2. The molecule has 0 radical (unpaired) electrons. The molecule has 168 valence electrons. The molecule has 0 unspecified atom stereocenters. The van der Waals surface area contributed by atoms with Gasteiger partial charge in [-0.1, -0.05) is 41.4 Å². The van der Waals surface area contributed by atoms with Crippen LogP contribution in [0, 0.1) is 13.8 Å². The molecule has 1 aliphatic rings. The number of hydrogen-bond donors (Lipinski definition) is 2. The summed E-state index contributed by atoms with van der Waals surface area (Å²) in [7, 11) is 0. The van der Waals surface area contributed by atoms with Gasteiger partial charge in [0, 0.05) is 19.0 Å². The van der Waals surface area contributed by atoms with Gasteiger partial charge in [-0.15, -0.1) is 0 Å². The Hall–Kier alpha value is -3.45. The zero-order valence-electron chi connectivity index (χ0n) is 18.6. The van der Waals surface area contributed by atoms with Crippen LogP contribution in [0.2, 0.25) is 5.02 Å². The molecule has 0 aliphatic heterocycles. The van der Waals surface area contributed by atoms with Crippen LogP contribution in [0.3, 0.4) is 0 Å². The van der Waals surface area contributed by atoms with Crippen LogP contribution in [0.4, 0.5) is 5.82 Å². The van der Waals surface area contributed by atoms with Gasteiger partial charge in [-0.25, -0.2) is 14.6 Å². The summed E-state index contributed by atoms with van der Waals surface area (Å²) < 4.78 is 1.89. The Morgan fingerprint density at radius 2 is 1.82 bits per heavy atom. The molecule has 8 heteroatoms. The van der Waals surface area contributed by atoms with Gasteiger partial charge in [0.25, 0.3) is 5.91 Å². The third kappa shape index (κ3) is 4.41. The maximum atomic E-state index is 12.4. The van der Waals surface area contributed by atoms with Crippen LogP contribution in [0.5, 0.6) is 0 Å². The molecule has 0 atom stereocenters. The normalized spacial score (nSPS) is 13.3. The van der Waals surface area contributed by atoms with Crippen LogP contribution >= 0.6 is 11.6 Å². The molecule has 2 heterocycles. The van der Waals surface area contributed by atoms with E-state index in [1.807, 2.05) is 11.6 Å². The number of aromatic nitrogens is 4. The molecule has 1 aliphatic carbocycles. The van der Waals surface area contributed by atoms with Crippen LogP contribution in [-0.4, -0.2) is 38.7 Å². The third-order valence-corrected chi connectivity index (χ3v) is 6.09. The lowest BCUT2D eigenvalue weighted by Crippen LogP contribution is -2.29. The average Bonchev–Trinajstić information content (AvgIpc) is 3.61. The fourth-order valence-corrected chi connectivity index (χ4v) is 4.04. The number of nitrogens with one attached hydrogen (secondary N) is 2. The van der Waals surface area contributed by atoms with Crippen molar-refractivity contribution in [2.75, 3.05) is 18.4 Å². The summed E-state index contributed by atoms with van der Waals surface area (Å²) >= 11 is 6.12. The van der Waals surface area contributed by atoms with Crippen molar-refractivity contribution in [2.45, 2.75) is 32.6 Å². The van der Waals surface area contributed by atoms with Crippen molar-refractivity contribution in [3.05, 3.63) is 76.2 Å². The molecular weight excluding hydrogens is 436 g/mol. The topological polar surface area (TPSA) is 84.7 Å². The summed E-state index contributed by atoms with van der Waals surface area (Å²) in [4.78, 5) is 22.1. The fraction of sp³-hybridized carbons (Fsp3) is 0.280. The zero-order valence-corrected chi connectivity index (χ0v) is 19.4. The Morgan fingerprint density at radius 3 is 2.55 bits per heavy atom. The highest BCUT2D eigenvalue weighted by atomic mass is 35.5. The maximum absolute atomic E-state index is 12.4. The van der Waals surface area contributed by atoms with Gasteiger partial charge in [-0.3, -0.25) is 4.79 Å². The molecular formula is C25H25ClN6O. The molecule has 1 saturated carbocycles. The summed E-state index contributed by atoms with van der Waals surface area (Å²) in [6.45, 7) is 4.98. The van der Waals surface area contributed by atoms with Crippen molar-refractivity contribution in [2.24, 2.45) is 0 Å². The maximum Gasteiger partial charge on any atom is 0.252 e. The molecule has 4 aromatic rings. The highest BCUT2D eigenvalue weighted by Gasteiger charge is 2.29. The van der Waals surface area contributed by atoms with E-state index in [9.17, 15) is 4.79 Å². The largest absolute Gasteiger partial charge is 0.368 e. The van der Waals surface area contributed by atoms with Crippen LogP contribution in [0.1, 0.15) is 46.2 Å². The number of anilines is 1. The molecule has 33 heavy (non-hydrogen) atoms. The molecule has 2 aromatic carbocycles. The smallest absolute Gasteiger partial charge is 0.252 e. The monoisotopic (exact) mass is 460 g/mol. The number of halogens is 1. The van der Waals surface area contributed by atoms with E-state index in [0.717, 1.165) is 46.9 Å². The van der Waals surface area contributed by atoms with E-state index in [-0.39, 0.29) is 5.91 Å². The Morgan fingerprint density at radius 1 is 1.06 bits per heavy atom. The van der Waals surface area contributed by atoms with Gasteiger partial charge >= 0.3 is 0 Å². The van der Waals surface area contributed by atoms with Gasteiger partial charge in [0.1, 0.15) is 11.6 Å². The first-order chi connectivity index (χ1) is 16.0. The standard InChI is InChI=1S/C25H25ClN6O/c1-15-7-11-18(12-8-15)32-24-21(16(2)31-32)23(29-22(30-24)17-9-10-17)27-13-14-28-25(33)19-5-3-4-6-20(19)26/h3-8,11-12,17H,9-10,13-14H2,1-2H3,(H,28,33)(H,27,29,30). The number of carbonyl (C=O) groups excluding carboxylic acids is 1. The van der Waals surface area contributed by atoms with Gasteiger partial charge in [-0.05, 0) is 51.0 Å². The van der Waals surface area contributed by atoms with Crippen molar-refractivity contribution in [3.63, 3.8) is 0 Å².